The van der Waals surface area contributed by atoms with Gasteiger partial charge in [-0.3, -0.25) is 9.78 Å². The number of nitrogens with zero attached hydrogens (tertiary/aromatic N) is 2. The maximum atomic E-state index is 12.3. The van der Waals surface area contributed by atoms with Crippen molar-refractivity contribution in [1.29, 1.82) is 0 Å². The molecule has 156 valence electrons. The van der Waals surface area contributed by atoms with Gasteiger partial charge in [-0.1, -0.05) is 25.7 Å². The Morgan fingerprint density at radius 2 is 1.90 bits per heavy atom. The Labute approximate surface area is 171 Å². The summed E-state index contributed by atoms with van der Waals surface area (Å²) < 4.78 is 5.21. The van der Waals surface area contributed by atoms with E-state index >= 15 is 0 Å². The van der Waals surface area contributed by atoms with Gasteiger partial charge in [0.25, 0.3) is 5.91 Å². The van der Waals surface area contributed by atoms with Crippen molar-refractivity contribution in [3.05, 3.63) is 48.7 Å². The highest BCUT2D eigenvalue weighted by molar-refractivity contribution is 5.91. The second kappa shape index (κ2) is 11.2. The van der Waals surface area contributed by atoms with E-state index in [1.54, 1.807) is 42.9 Å². The largest absolute Gasteiger partial charge is 0.459 e. The number of urea groups is 1. The molecule has 1 atom stereocenters. The maximum Gasteiger partial charge on any atom is 0.319 e. The number of furan rings is 1. The molecule has 2 aromatic rings. The second-order valence-corrected chi connectivity index (χ2v) is 7.56. The molecule has 7 heteroatoms. The molecular formula is C22H30N4O3. The molecule has 3 heterocycles. The van der Waals surface area contributed by atoms with Gasteiger partial charge in [0.15, 0.2) is 5.76 Å². The molecule has 1 fully saturated rings. The highest BCUT2D eigenvalue weighted by atomic mass is 16.3. The molecule has 7 nitrogen and oxygen atoms in total. The number of likely N-dealkylation sites (tertiary alicyclic amines) is 1. The Morgan fingerprint density at radius 3 is 2.69 bits per heavy atom. The van der Waals surface area contributed by atoms with Gasteiger partial charge in [0.05, 0.1) is 6.26 Å². The quantitative estimate of drug-likeness (QED) is 0.584. The Morgan fingerprint density at radius 1 is 1.10 bits per heavy atom. The van der Waals surface area contributed by atoms with Crippen molar-refractivity contribution in [2.24, 2.45) is 5.92 Å². The molecule has 1 aliphatic heterocycles. The van der Waals surface area contributed by atoms with Crippen LogP contribution >= 0.6 is 0 Å². The first-order valence-electron chi connectivity index (χ1n) is 10.5. The Balaban J connectivity index is 1.17. The minimum atomic E-state index is -0.175. The van der Waals surface area contributed by atoms with E-state index in [0.29, 0.717) is 18.2 Å². The molecule has 2 aromatic heterocycles. The molecule has 0 saturated carbocycles. The first kappa shape index (κ1) is 20.9. The van der Waals surface area contributed by atoms with Crippen LogP contribution in [0.25, 0.3) is 0 Å². The summed E-state index contributed by atoms with van der Waals surface area (Å²) in [5.41, 5.74) is 0.744. The summed E-state index contributed by atoms with van der Waals surface area (Å²) in [4.78, 5) is 29.9. The minimum absolute atomic E-state index is 0.0120. The highest BCUT2D eigenvalue weighted by Gasteiger charge is 2.27. The fourth-order valence-corrected chi connectivity index (χ4v) is 3.71. The predicted molar refractivity (Wildman–Crippen MR) is 112 cm³/mol. The van der Waals surface area contributed by atoms with Crippen molar-refractivity contribution in [3.8, 4) is 0 Å². The lowest BCUT2D eigenvalue weighted by molar-refractivity contribution is 0.0754. The number of hydrogen-bond donors (Lipinski definition) is 2. The van der Waals surface area contributed by atoms with Crippen LogP contribution in [-0.4, -0.2) is 41.5 Å². The number of carbonyl (C=O) groups is 2. The summed E-state index contributed by atoms with van der Waals surface area (Å²) in [6, 6.07) is 6.83. The van der Waals surface area contributed by atoms with Crippen LogP contribution in [0, 0.1) is 5.92 Å². The number of nitrogens with one attached hydrogen (secondary N) is 2. The van der Waals surface area contributed by atoms with Crippen LogP contribution < -0.4 is 10.6 Å². The first-order chi connectivity index (χ1) is 14.2. The van der Waals surface area contributed by atoms with E-state index in [-0.39, 0.29) is 11.9 Å². The Hall–Kier alpha value is -2.83. The summed E-state index contributed by atoms with van der Waals surface area (Å²) in [5, 5.41) is 5.66. The van der Waals surface area contributed by atoms with Gasteiger partial charge >= 0.3 is 6.03 Å². The van der Waals surface area contributed by atoms with Crippen molar-refractivity contribution in [2.75, 3.05) is 25.0 Å². The fraction of sp³-hybridized carbons (Fsp3) is 0.500. The molecule has 0 bridgehead atoms. The molecular weight excluding hydrogens is 368 g/mol. The van der Waals surface area contributed by atoms with Gasteiger partial charge in [-0.15, -0.1) is 0 Å². The van der Waals surface area contributed by atoms with Crippen molar-refractivity contribution in [2.45, 2.75) is 44.9 Å². The van der Waals surface area contributed by atoms with Gasteiger partial charge in [-0.25, -0.2) is 4.79 Å². The van der Waals surface area contributed by atoms with E-state index in [0.717, 1.165) is 38.0 Å². The fourth-order valence-electron chi connectivity index (χ4n) is 3.71. The number of aromatic nitrogens is 1. The topological polar surface area (TPSA) is 87.5 Å². The third kappa shape index (κ3) is 6.93. The number of rotatable bonds is 10. The smallest absolute Gasteiger partial charge is 0.319 e. The third-order valence-electron chi connectivity index (χ3n) is 5.32. The summed E-state index contributed by atoms with van der Waals surface area (Å²) in [6.45, 7) is 2.36. The number of carbonyl (C=O) groups excluding carboxylic acids is 2. The lowest BCUT2D eigenvalue weighted by atomic mass is 10.00. The molecule has 0 radical (unpaired) electrons. The molecule has 3 rings (SSSR count). The van der Waals surface area contributed by atoms with E-state index in [2.05, 4.69) is 15.6 Å². The van der Waals surface area contributed by atoms with Crippen molar-refractivity contribution in [1.82, 2.24) is 15.2 Å². The molecule has 2 N–H and O–H groups in total. The van der Waals surface area contributed by atoms with Crippen LogP contribution in [0.2, 0.25) is 0 Å². The molecule has 0 spiro atoms. The van der Waals surface area contributed by atoms with E-state index in [1.807, 2.05) is 4.90 Å². The molecule has 0 aromatic carbocycles. The van der Waals surface area contributed by atoms with Crippen LogP contribution in [0.1, 0.15) is 55.5 Å². The zero-order valence-corrected chi connectivity index (χ0v) is 16.8. The van der Waals surface area contributed by atoms with Crippen molar-refractivity contribution >= 4 is 17.6 Å². The molecule has 1 saturated heterocycles. The number of unbranched alkanes of at least 4 members (excludes halogenated alkanes) is 4. The number of amides is 3. The Kier molecular flexibility index (Phi) is 8.10. The molecule has 1 aliphatic rings. The summed E-state index contributed by atoms with van der Waals surface area (Å²) >= 11 is 0. The van der Waals surface area contributed by atoms with E-state index in [1.165, 1.54) is 25.7 Å². The molecule has 29 heavy (non-hydrogen) atoms. The van der Waals surface area contributed by atoms with Gasteiger partial charge in [-0.05, 0) is 49.4 Å². The van der Waals surface area contributed by atoms with Crippen molar-refractivity contribution in [3.63, 3.8) is 0 Å². The average molecular weight is 399 g/mol. The first-order valence-corrected chi connectivity index (χ1v) is 10.5. The zero-order chi connectivity index (χ0) is 20.3. The monoisotopic (exact) mass is 398 g/mol. The summed E-state index contributed by atoms with van der Waals surface area (Å²) in [6.07, 6.45) is 12.8. The van der Waals surface area contributed by atoms with Crippen molar-refractivity contribution < 1.29 is 14.0 Å². The van der Waals surface area contributed by atoms with Crippen LogP contribution in [0.3, 0.4) is 0 Å². The maximum absolute atomic E-state index is 12.3. The standard InChI is InChI=1S/C22H30N4O3/c27-21(20-8-6-16-29-20)26-15-11-18(17-26)7-4-2-1-3-5-12-24-22(28)25-19-9-13-23-14-10-19/h6,8-10,13-14,16,18H,1-5,7,11-12,15,17H2,(H2,23,24,25,28). The van der Waals surface area contributed by atoms with Crippen LogP contribution in [0.15, 0.2) is 47.3 Å². The molecule has 1 unspecified atom stereocenters. The van der Waals surface area contributed by atoms with Crippen LogP contribution in [-0.2, 0) is 0 Å². The molecule has 0 aliphatic carbocycles. The third-order valence-corrected chi connectivity index (χ3v) is 5.32. The van der Waals surface area contributed by atoms with Gasteiger partial charge in [0, 0.05) is 37.7 Å². The lowest BCUT2D eigenvalue weighted by Crippen LogP contribution is -2.29. The lowest BCUT2D eigenvalue weighted by Gasteiger charge is -2.15. The second-order valence-electron chi connectivity index (χ2n) is 7.56. The predicted octanol–water partition coefficient (Wildman–Crippen LogP) is 4.30. The number of anilines is 1. The van der Waals surface area contributed by atoms with E-state index in [4.69, 9.17) is 4.42 Å². The number of pyridine rings is 1. The highest BCUT2D eigenvalue weighted by Crippen LogP contribution is 2.24. The molecule has 3 amide bonds. The van der Waals surface area contributed by atoms with Gasteiger partial charge in [0.1, 0.15) is 0 Å². The number of hydrogen-bond acceptors (Lipinski definition) is 4. The minimum Gasteiger partial charge on any atom is -0.459 e. The SMILES string of the molecule is O=C(NCCCCCCCC1CCN(C(=O)c2ccco2)C1)Nc1ccncc1. The summed E-state index contributed by atoms with van der Waals surface area (Å²) in [7, 11) is 0. The summed E-state index contributed by atoms with van der Waals surface area (Å²) in [5.74, 6) is 1.05. The normalized spacial score (nSPS) is 16.0. The van der Waals surface area contributed by atoms with Crippen LogP contribution in [0.4, 0.5) is 10.5 Å². The van der Waals surface area contributed by atoms with Gasteiger partial charge in [-0.2, -0.15) is 0 Å². The average Bonchev–Trinajstić information content (AvgIpc) is 3.42. The Bertz CT molecular complexity index is 749. The van der Waals surface area contributed by atoms with E-state index < -0.39 is 0 Å². The van der Waals surface area contributed by atoms with E-state index in [9.17, 15) is 9.59 Å². The van der Waals surface area contributed by atoms with Gasteiger partial charge < -0.3 is 20.0 Å². The zero-order valence-electron chi connectivity index (χ0n) is 16.8. The van der Waals surface area contributed by atoms with Gasteiger partial charge in [0.2, 0.25) is 0 Å². The van der Waals surface area contributed by atoms with Crippen LogP contribution in [0.5, 0.6) is 0 Å².